The molecule has 0 saturated carbocycles. The van der Waals surface area contributed by atoms with Gasteiger partial charge in [-0.05, 0) is 22.3 Å². The molecule has 1 heterocycles. The molecule has 1 unspecified atom stereocenters. The van der Waals surface area contributed by atoms with Crippen molar-refractivity contribution < 1.29 is 28.5 Å². The molecule has 4 aromatic carbocycles. The van der Waals surface area contributed by atoms with Crippen molar-refractivity contribution in [3.8, 4) is 0 Å². The second-order valence-corrected chi connectivity index (χ2v) is 10.6. The summed E-state index contributed by atoms with van der Waals surface area (Å²) in [5.74, 6) is -0.212. The second kappa shape index (κ2) is 16.1. The fourth-order valence-corrected chi connectivity index (χ4v) is 5.12. The fraction of sp³-hybridized carbons (Fsp3) is 0.306. The van der Waals surface area contributed by atoms with E-state index in [-0.39, 0.29) is 12.5 Å². The predicted octanol–water partition coefficient (Wildman–Crippen LogP) is 5.82. The van der Waals surface area contributed by atoms with Crippen molar-refractivity contribution in [1.82, 2.24) is 5.32 Å². The van der Waals surface area contributed by atoms with Gasteiger partial charge in [-0.15, -0.1) is 0 Å². The molecule has 1 N–H and O–H groups in total. The molecular weight excluding hydrogens is 542 g/mol. The lowest BCUT2D eigenvalue weighted by Crippen LogP contribution is -2.66. The number of hydrogen-bond donors (Lipinski definition) is 1. The van der Waals surface area contributed by atoms with Crippen molar-refractivity contribution >= 4 is 5.91 Å². The van der Waals surface area contributed by atoms with E-state index < -0.39 is 30.6 Å². The molecule has 1 saturated heterocycles. The van der Waals surface area contributed by atoms with Gasteiger partial charge in [0.25, 0.3) is 0 Å². The van der Waals surface area contributed by atoms with Gasteiger partial charge in [0, 0.05) is 6.92 Å². The van der Waals surface area contributed by atoms with Crippen LogP contribution < -0.4 is 5.32 Å². The van der Waals surface area contributed by atoms with Gasteiger partial charge in [0.15, 0.2) is 6.29 Å². The second-order valence-electron chi connectivity index (χ2n) is 10.6. The maximum Gasteiger partial charge on any atom is 0.217 e. The van der Waals surface area contributed by atoms with Crippen LogP contribution in [0.1, 0.15) is 29.2 Å². The Labute approximate surface area is 253 Å². The fourth-order valence-electron chi connectivity index (χ4n) is 5.12. The molecule has 1 aliphatic heterocycles. The van der Waals surface area contributed by atoms with Crippen molar-refractivity contribution in [3.05, 3.63) is 144 Å². The molecule has 0 bridgehead atoms. The van der Waals surface area contributed by atoms with E-state index in [9.17, 15) is 4.79 Å². The summed E-state index contributed by atoms with van der Waals surface area (Å²) < 4.78 is 32.3. The summed E-state index contributed by atoms with van der Waals surface area (Å²) in [4.78, 5) is 12.5. The normalized spacial score (nSPS) is 21.7. The van der Waals surface area contributed by atoms with Gasteiger partial charge in [-0.25, -0.2) is 0 Å². The number of hydrogen-bond acceptors (Lipinski definition) is 6. The number of ether oxygens (including phenoxy) is 5. The number of nitrogens with one attached hydrogen (secondary N) is 1. The first-order valence-corrected chi connectivity index (χ1v) is 14.7. The van der Waals surface area contributed by atoms with Crippen LogP contribution >= 0.6 is 0 Å². The van der Waals surface area contributed by atoms with Crippen molar-refractivity contribution in [2.24, 2.45) is 0 Å². The number of benzene rings is 4. The smallest absolute Gasteiger partial charge is 0.217 e. The Kier molecular flexibility index (Phi) is 11.5. The average Bonchev–Trinajstić information content (AvgIpc) is 3.05. The summed E-state index contributed by atoms with van der Waals surface area (Å²) >= 11 is 0. The quantitative estimate of drug-likeness (QED) is 0.202. The van der Waals surface area contributed by atoms with Crippen molar-refractivity contribution in [1.29, 1.82) is 0 Å². The van der Waals surface area contributed by atoms with E-state index in [2.05, 4.69) is 5.32 Å². The third kappa shape index (κ3) is 9.32. The highest BCUT2D eigenvalue weighted by Gasteiger charge is 2.48. The van der Waals surface area contributed by atoms with Gasteiger partial charge >= 0.3 is 0 Å². The van der Waals surface area contributed by atoms with Crippen LogP contribution in [0.2, 0.25) is 0 Å². The number of carbonyl (C=O) groups excluding carboxylic acids is 1. The Morgan fingerprint density at radius 2 is 1.02 bits per heavy atom. The molecule has 4 aromatic rings. The summed E-state index contributed by atoms with van der Waals surface area (Å²) in [7, 11) is 0. The topological polar surface area (TPSA) is 75.3 Å². The van der Waals surface area contributed by atoms with Gasteiger partial charge in [-0.1, -0.05) is 121 Å². The highest BCUT2D eigenvalue weighted by molar-refractivity contribution is 5.73. The molecule has 7 nitrogen and oxygen atoms in total. The van der Waals surface area contributed by atoms with Gasteiger partial charge in [0.1, 0.15) is 24.4 Å². The molecule has 5 rings (SSSR count). The molecule has 1 amide bonds. The molecular formula is C36H39NO6. The van der Waals surface area contributed by atoms with E-state index in [1.165, 1.54) is 6.92 Å². The molecule has 5 atom stereocenters. The van der Waals surface area contributed by atoms with Crippen molar-refractivity contribution in [2.45, 2.75) is 64.0 Å². The van der Waals surface area contributed by atoms with Gasteiger partial charge in [0.2, 0.25) is 5.91 Å². The minimum atomic E-state index is -0.799. The van der Waals surface area contributed by atoms with E-state index in [0.717, 1.165) is 22.3 Å². The zero-order valence-corrected chi connectivity index (χ0v) is 24.4. The predicted molar refractivity (Wildman–Crippen MR) is 164 cm³/mol. The zero-order chi connectivity index (χ0) is 29.7. The van der Waals surface area contributed by atoms with Crippen LogP contribution in [-0.4, -0.2) is 43.2 Å². The van der Waals surface area contributed by atoms with E-state index in [1.807, 2.05) is 121 Å². The zero-order valence-electron chi connectivity index (χ0n) is 24.4. The van der Waals surface area contributed by atoms with Gasteiger partial charge in [0.05, 0.1) is 33.0 Å². The standard InChI is InChI=1S/C36H39NO6/c1-27(38)37-33-35(41-24-30-18-10-4-11-19-30)34(40-23-29-16-8-3-9-17-29)32(26-39-22-28-14-6-2-7-15-28)43-36(33)42-25-31-20-12-5-13-21-31/h2-21,32-36H,22-26H2,1H3,(H,37,38)/t32?,33-,34+,35-,36-/m0/s1. The first-order chi connectivity index (χ1) is 21.2. The van der Waals surface area contributed by atoms with Crippen LogP contribution in [0.4, 0.5) is 0 Å². The molecule has 0 spiro atoms. The number of carbonyl (C=O) groups is 1. The number of rotatable bonds is 14. The maximum absolute atomic E-state index is 12.5. The van der Waals surface area contributed by atoms with Crippen LogP contribution in [0.25, 0.3) is 0 Å². The lowest BCUT2D eigenvalue weighted by atomic mass is 9.95. The summed E-state index contributed by atoms with van der Waals surface area (Å²) in [5, 5.41) is 3.05. The first-order valence-electron chi connectivity index (χ1n) is 14.7. The molecule has 43 heavy (non-hydrogen) atoms. The molecule has 224 valence electrons. The van der Waals surface area contributed by atoms with Gasteiger partial charge in [-0.2, -0.15) is 0 Å². The molecule has 0 aliphatic carbocycles. The summed E-state index contributed by atoms with van der Waals surface area (Å²) in [6.07, 6.45) is -2.48. The lowest BCUT2D eigenvalue weighted by molar-refractivity contribution is -0.293. The molecule has 1 fully saturated rings. The van der Waals surface area contributed by atoms with Gasteiger partial charge in [-0.3, -0.25) is 4.79 Å². The third-order valence-corrected chi connectivity index (χ3v) is 7.24. The monoisotopic (exact) mass is 581 g/mol. The van der Waals surface area contributed by atoms with E-state index in [0.29, 0.717) is 26.4 Å². The molecule has 1 aliphatic rings. The highest BCUT2D eigenvalue weighted by Crippen LogP contribution is 2.30. The minimum Gasteiger partial charge on any atom is -0.374 e. The Morgan fingerprint density at radius 1 is 0.605 bits per heavy atom. The summed E-state index contributed by atoms with van der Waals surface area (Å²) in [6.45, 7) is 3.13. The maximum atomic E-state index is 12.5. The Hall–Kier alpha value is -3.85. The summed E-state index contributed by atoms with van der Waals surface area (Å²) in [5.41, 5.74) is 4.08. The Morgan fingerprint density at radius 3 is 1.49 bits per heavy atom. The lowest BCUT2D eigenvalue weighted by Gasteiger charge is -2.46. The van der Waals surface area contributed by atoms with E-state index in [4.69, 9.17) is 23.7 Å². The Balaban J connectivity index is 1.41. The van der Waals surface area contributed by atoms with Crippen LogP contribution in [0.3, 0.4) is 0 Å². The van der Waals surface area contributed by atoms with Crippen LogP contribution in [0, 0.1) is 0 Å². The van der Waals surface area contributed by atoms with E-state index >= 15 is 0 Å². The molecule has 0 aromatic heterocycles. The molecule has 7 heteroatoms. The van der Waals surface area contributed by atoms with Crippen LogP contribution in [0.15, 0.2) is 121 Å². The van der Waals surface area contributed by atoms with Crippen molar-refractivity contribution in [3.63, 3.8) is 0 Å². The van der Waals surface area contributed by atoms with Gasteiger partial charge < -0.3 is 29.0 Å². The van der Waals surface area contributed by atoms with Crippen LogP contribution in [-0.2, 0) is 54.9 Å². The minimum absolute atomic E-state index is 0.212. The highest BCUT2D eigenvalue weighted by atomic mass is 16.7. The SMILES string of the molecule is CC(=O)N[C@@H]1[C@@H](OCc2ccccc2)OC(COCc2ccccc2)[C@@H](OCc2ccccc2)[C@H]1OCc1ccccc1. The third-order valence-electron chi connectivity index (χ3n) is 7.24. The largest absolute Gasteiger partial charge is 0.374 e. The summed E-state index contributed by atoms with van der Waals surface area (Å²) in [6, 6.07) is 39.1. The average molecular weight is 582 g/mol. The van der Waals surface area contributed by atoms with Crippen LogP contribution in [0.5, 0.6) is 0 Å². The molecule has 0 radical (unpaired) electrons. The number of amides is 1. The first kappa shape index (κ1) is 30.6. The van der Waals surface area contributed by atoms with Crippen molar-refractivity contribution in [2.75, 3.05) is 6.61 Å². The Bertz CT molecular complexity index is 1360. The van der Waals surface area contributed by atoms with E-state index in [1.54, 1.807) is 0 Å².